The van der Waals surface area contributed by atoms with Gasteiger partial charge in [0.1, 0.15) is 5.75 Å². The molecule has 1 saturated heterocycles. The Morgan fingerprint density at radius 3 is 2.39 bits per heavy atom. The number of anilines is 1. The Labute approximate surface area is 189 Å². The molecule has 2 aromatic carbocycles. The fourth-order valence-electron chi connectivity index (χ4n) is 3.56. The highest BCUT2D eigenvalue weighted by Crippen LogP contribution is 2.27. The molecule has 1 amide bonds. The van der Waals surface area contributed by atoms with E-state index in [0.717, 1.165) is 18.4 Å². The summed E-state index contributed by atoms with van der Waals surface area (Å²) in [4.78, 5) is 14.7. The van der Waals surface area contributed by atoms with Crippen LogP contribution in [0.15, 0.2) is 47.4 Å². The van der Waals surface area contributed by atoms with Crippen LogP contribution in [0.4, 0.5) is 5.69 Å². The van der Waals surface area contributed by atoms with Gasteiger partial charge in [-0.1, -0.05) is 37.1 Å². The van der Waals surface area contributed by atoms with E-state index in [1.165, 1.54) is 11.4 Å². The summed E-state index contributed by atoms with van der Waals surface area (Å²) in [6.45, 7) is 3.89. The van der Waals surface area contributed by atoms with Crippen LogP contribution < -0.4 is 10.1 Å². The van der Waals surface area contributed by atoms with Crippen molar-refractivity contribution in [3.63, 3.8) is 0 Å². The molecule has 1 fully saturated rings. The van der Waals surface area contributed by atoms with Crippen LogP contribution in [0.2, 0.25) is 5.02 Å². The van der Waals surface area contributed by atoms with Gasteiger partial charge in [0.2, 0.25) is 15.9 Å². The fraction of sp³-hybridized carbons (Fsp3) is 0.409. The molecule has 1 heterocycles. The molecule has 1 N–H and O–H groups in total. The van der Waals surface area contributed by atoms with Crippen LogP contribution in [0, 0.1) is 0 Å². The summed E-state index contributed by atoms with van der Waals surface area (Å²) in [5.41, 5.74) is 1.64. The van der Waals surface area contributed by atoms with Gasteiger partial charge in [-0.25, -0.2) is 8.42 Å². The second kappa shape index (κ2) is 10.5. The van der Waals surface area contributed by atoms with E-state index < -0.39 is 10.0 Å². The second-order valence-corrected chi connectivity index (χ2v) is 9.84. The Bertz CT molecular complexity index is 1000. The summed E-state index contributed by atoms with van der Waals surface area (Å²) < 4.78 is 32.6. The molecule has 0 radical (unpaired) electrons. The van der Waals surface area contributed by atoms with Crippen LogP contribution in [0.1, 0.15) is 18.9 Å². The number of piperazine rings is 1. The van der Waals surface area contributed by atoms with Crippen molar-refractivity contribution in [2.75, 3.05) is 45.2 Å². The number of nitrogens with one attached hydrogen (secondary N) is 1. The SMILES string of the molecule is CCCc1ccc(S(=O)(=O)N2CCN(CC(=O)Nc3cc(Cl)ccc3OC)CC2)cc1. The fourth-order valence-corrected chi connectivity index (χ4v) is 5.16. The van der Waals surface area contributed by atoms with Crippen molar-refractivity contribution in [1.82, 2.24) is 9.21 Å². The summed E-state index contributed by atoms with van der Waals surface area (Å²) >= 11 is 6.00. The first-order chi connectivity index (χ1) is 14.8. The van der Waals surface area contributed by atoms with Crippen molar-refractivity contribution in [3.8, 4) is 5.75 Å². The molecular formula is C22H28ClN3O4S. The van der Waals surface area contributed by atoms with Gasteiger partial charge in [-0.2, -0.15) is 4.31 Å². The van der Waals surface area contributed by atoms with Crippen LogP contribution in [0.5, 0.6) is 5.75 Å². The van der Waals surface area contributed by atoms with Crippen LogP contribution in [-0.2, 0) is 21.2 Å². The molecule has 1 aliphatic heterocycles. The molecule has 0 atom stereocenters. The molecule has 0 spiro atoms. The van der Waals surface area contributed by atoms with Gasteiger partial charge in [0.25, 0.3) is 0 Å². The van der Waals surface area contributed by atoms with Crippen molar-refractivity contribution >= 4 is 33.2 Å². The number of halogens is 1. The molecule has 0 saturated carbocycles. The van der Waals surface area contributed by atoms with Crippen molar-refractivity contribution in [2.24, 2.45) is 0 Å². The zero-order valence-corrected chi connectivity index (χ0v) is 19.4. The first-order valence-electron chi connectivity index (χ1n) is 10.3. The maximum Gasteiger partial charge on any atom is 0.243 e. The van der Waals surface area contributed by atoms with Gasteiger partial charge in [0.15, 0.2) is 0 Å². The lowest BCUT2D eigenvalue weighted by Gasteiger charge is -2.33. The molecule has 0 unspecified atom stereocenters. The van der Waals surface area contributed by atoms with Gasteiger partial charge in [-0.05, 0) is 42.3 Å². The number of hydrogen-bond acceptors (Lipinski definition) is 5. The van der Waals surface area contributed by atoms with Gasteiger partial charge in [-0.3, -0.25) is 9.69 Å². The predicted molar refractivity (Wildman–Crippen MR) is 122 cm³/mol. The number of hydrogen-bond donors (Lipinski definition) is 1. The number of ether oxygens (including phenoxy) is 1. The minimum Gasteiger partial charge on any atom is -0.495 e. The lowest BCUT2D eigenvalue weighted by atomic mass is 10.1. The number of benzene rings is 2. The monoisotopic (exact) mass is 465 g/mol. The Hall–Kier alpha value is -2.13. The number of amides is 1. The number of carbonyl (C=O) groups is 1. The average Bonchev–Trinajstić information content (AvgIpc) is 2.75. The smallest absolute Gasteiger partial charge is 0.243 e. The molecule has 168 valence electrons. The lowest BCUT2D eigenvalue weighted by molar-refractivity contribution is -0.117. The summed E-state index contributed by atoms with van der Waals surface area (Å²) in [6.07, 6.45) is 1.95. The number of carbonyl (C=O) groups excluding carboxylic acids is 1. The van der Waals surface area contributed by atoms with E-state index in [1.54, 1.807) is 30.3 Å². The Morgan fingerprint density at radius 1 is 1.10 bits per heavy atom. The average molecular weight is 466 g/mol. The van der Waals surface area contributed by atoms with E-state index in [2.05, 4.69) is 12.2 Å². The molecule has 31 heavy (non-hydrogen) atoms. The second-order valence-electron chi connectivity index (χ2n) is 7.47. The maximum absolute atomic E-state index is 12.9. The number of rotatable bonds is 8. The summed E-state index contributed by atoms with van der Waals surface area (Å²) in [5.74, 6) is 0.321. The molecular weight excluding hydrogens is 438 g/mol. The van der Waals surface area contributed by atoms with Crippen LogP contribution in [0.25, 0.3) is 0 Å². The van der Waals surface area contributed by atoms with Crippen molar-refractivity contribution in [2.45, 2.75) is 24.7 Å². The number of sulfonamides is 1. The third-order valence-corrected chi connectivity index (χ3v) is 7.38. The Balaban J connectivity index is 1.55. The topological polar surface area (TPSA) is 79.0 Å². The van der Waals surface area contributed by atoms with Crippen LogP contribution in [-0.4, -0.2) is 63.4 Å². The zero-order valence-electron chi connectivity index (χ0n) is 17.8. The third-order valence-electron chi connectivity index (χ3n) is 5.23. The van der Waals surface area contributed by atoms with Crippen molar-refractivity contribution in [1.29, 1.82) is 0 Å². The highest BCUT2D eigenvalue weighted by molar-refractivity contribution is 7.89. The first-order valence-corrected chi connectivity index (χ1v) is 12.1. The minimum absolute atomic E-state index is 0.162. The van der Waals surface area contributed by atoms with Gasteiger partial charge in [0, 0.05) is 31.2 Å². The summed E-state index contributed by atoms with van der Waals surface area (Å²) in [5, 5.41) is 3.31. The Morgan fingerprint density at radius 2 is 1.77 bits per heavy atom. The largest absolute Gasteiger partial charge is 0.495 e. The van der Waals surface area contributed by atoms with Crippen LogP contribution >= 0.6 is 11.6 Å². The van der Waals surface area contributed by atoms with Crippen molar-refractivity contribution in [3.05, 3.63) is 53.1 Å². The highest BCUT2D eigenvalue weighted by Gasteiger charge is 2.29. The van der Waals surface area contributed by atoms with Crippen LogP contribution in [0.3, 0.4) is 0 Å². The Kier molecular flexibility index (Phi) is 7.94. The minimum atomic E-state index is -3.53. The predicted octanol–water partition coefficient (Wildman–Crippen LogP) is 3.25. The molecule has 9 heteroatoms. The van der Waals surface area contributed by atoms with E-state index in [1.807, 2.05) is 17.0 Å². The molecule has 0 aliphatic carbocycles. The molecule has 1 aliphatic rings. The van der Waals surface area contributed by atoms with Gasteiger partial charge in [0.05, 0.1) is 24.2 Å². The highest BCUT2D eigenvalue weighted by atomic mass is 35.5. The molecule has 0 bridgehead atoms. The van der Waals surface area contributed by atoms with E-state index >= 15 is 0 Å². The standard InChI is InChI=1S/C22H28ClN3O4S/c1-3-4-17-5-8-19(9-6-17)31(28,29)26-13-11-25(12-14-26)16-22(27)24-20-15-18(23)7-10-21(20)30-2/h5-10,15H,3-4,11-14,16H2,1-2H3,(H,24,27). The quantitative estimate of drug-likeness (QED) is 0.647. The third kappa shape index (κ3) is 5.98. The number of aryl methyl sites for hydroxylation is 1. The van der Waals surface area contributed by atoms with E-state index in [4.69, 9.17) is 16.3 Å². The van der Waals surface area contributed by atoms with E-state index in [9.17, 15) is 13.2 Å². The first kappa shape index (κ1) is 23.5. The summed E-state index contributed by atoms with van der Waals surface area (Å²) in [6, 6.07) is 12.1. The maximum atomic E-state index is 12.9. The zero-order chi connectivity index (χ0) is 22.4. The van der Waals surface area contributed by atoms with Gasteiger partial charge < -0.3 is 10.1 Å². The van der Waals surface area contributed by atoms with Crippen molar-refractivity contribution < 1.29 is 17.9 Å². The normalized spacial score (nSPS) is 15.6. The number of methoxy groups -OCH3 is 1. The van der Waals surface area contributed by atoms with Gasteiger partial charge >= 0.3 is 0 Å². The van der Waals surface area contributed by atoms with Gasteiger partial charge in [-0.15, -0.1) is 0 Å². The summed E-state index contributed by atoms with van der Waals surface area (Å²) in [7, 11) is -2.01. The molecule has 7 nitrogen and oxygen atoms in total. The lowest BCUT2D eigenvalue weighted by Crippen LogP contribution is -2.50. The van der Waals surface area contributed by atoms with E-state index in [0.29, 0.717) is 47.5 Å². The molecule has 3 rings (SSSR count). The number of nitrogens with zero attached hydrogens (tertiary/aromatic N) is 2. The molecule has 2 aromatic rings. The van der Waals surface area contributed by atoms with E-state index in [-0.39, 0.29) is 12.5 Å². The molecule has 0 aromatic heterocycles.